The summed E-state index contributed by atoms with van der Waals surface area (Å²) in [5.41, 5.74) is 0. The predicted molar refractivity (Wildman–Crippen MR) is 66.1 cm³/mol. The van der Waals surface area contributed by atoms with Gasteiger partial charge >= 0.3 is 0 Å². The van der Waals surface area contributed by atoms with Gasteiger partial charge in [0.15, 0.2) is 0 Å². The molecule has 6 nitrogen and oxygen atoms in total. The second kappa shape index (κ2) is 4.35. The van der Waals surface area contributed by atoms with E-state index in [9.17, 15) is 4.79 Å². The molecule has 18 heavy (non-hydrogen) atoms. The standard InChI is InChI=1S/C12H19N5O/c1-8(2)16-5-9-3-4-10(6-16)17(9)12(18)11-13-7-14-15-11/h7-10H,3-6H2,1-2H3,(H,13,14,15). The fourth-order valence-corrected chi connectivity index (χ4v) is 3.12. The van der Waals surface area contributed by atoms with Gasteiger partial charge in [0, 0.05) is 31.2 Å². The van der Waals surface area contributed by atoms with Crippen LogP contribution in [0.4, 0.5) is 0 Å². The highest BCUT2D eigenvalue weighted by Crippen LogP contribution is 2.31. The van der Waals surface area contributed by atoms with Gasteiger partial charge in [-0.2, -0.15) is 5.10 Å². The Bertz CT molecular complexity index is 416. The molecule has 0 aromatic carbocycles. The Hall–Kier alpha value is -1.43. The molecule has 1 aromatic heterocycles. The average molecular weight is 249 g/mol. The molecule has 2 aliphatic rings. The van der Waals surface area contributed by atoms with Crippen molar-refractivity contribution in [2.24, 2.45) is 0 Å². The summed E-state index contributed by atoms with van der Waals surface area (Å²) in [6, 6.07) is 1.23. The van der Waals surface area contributed by atoms with E-state index in [4.69, 9.17) is 0 Å². The lowest BCUT2D eigenvalue weighted by Gasteiger charge is -2.42. The molecule has 0 spiro atoms. The second-order valence-corrected chi connectivity index (χ2v) is 5.48. The highest BCUT2D eigenvalue weighted by molar-refractivity contribution is 5.91. The molecule has 1 aromatic rings. The summed E-state index contributed by atoms with van der Waals surface area (Å²) in [4.78, 5) is 20.8. The second-order valence-electron chi connectivity index (χ2n) is 5.48. The minimum absolute atomic E-state index is 0.00315. The van der Waals surface area contributed by atoms with Crippen LogP contribution in [-0.4, -0.2) is 62.1 Å². The molecule has 3 rings (SSSR count). The van der Waals surface area contributed by atoms with E-state index in [1.807, 2.05) is 4.90 Å². The van der Waals surface area contributed by atoms with Crippen LogP contribution in [0.15, 0.2) is 6.33 Å². The van der Waals surface area contributed by atoms with Crippen LogP contribution < -0.4 is 0 Å². The number of nitrogens with one attached hydrogen (secondary N) is 1. The molecule has 2 bridgehead atoms. The summed E-state index contributed by atoms with van der Waals surface area (Å²) in [5.74, 6) is 0.369. The third-order valence-electron chi connectivity index (χ3n) is 4.09. The number of hydrogen-bond acceptors (Lipinski definition) is 4. The molecule has 2 saturated heterocycles. The number of fused-ring (bicyclic) bond motifs is 2. The fourth-order valence-electron chi connectivity index (χ4n) is 3.12. The van der Waals surface area contributed by atoms with Crippen molar-refractivity contribution in [2.75, 3.05) is 13.1 Å². The van der Waals surface area contributed by atoms with E-state index in [0.29, 0.717) is 23.9 Å². The van der Waals surface area contributed by atoms with Crippen LogP contribution in [0.2, 0.25) is 0 Å². The largest absolute Gasteiger partial charge is 0.327 e. The number of aromatic nitrogens is 3. The fraction of sp³-hybridized carbons (Fsp3) is 0.750. The Morgan fingerprint density at radius 2 is 2.06 bits per heavy atom. The van der Waals surface area contributed by atoms with E-state index in [1.54, 1.807) is 0 Å². The number of amides is 1. The first-order valence-electron chi connectivity index (χ1n) is 6.59. The quantitative estimate of drug-likeness (QED) is 0.829. The van der Waals surface area contributed by atoms with Crippen LogP contribution in [0.25, 0.3) is 0 Å². The smallest absolute Gasteiger partial charge is 0.291 e. The van der Waals surface area contributed by atoms with Crippen molar-refractivity contribution < 1.29 is 4.79 Å². The minimum Gasteiger partial charge on any atom is -0.327 e. The van der Waals surface area contributed by atoms with Gasteiger partial charge in [0.05, 0.1) is 0 Å². The van der Waals surface area contributed by atoms with Crippen LogP contribution in [0, 0.1) is 0 Å². The van der Waals surface area contributed by atoms with Gasteiger partial charge < -0.3 is 4.90 Å². The van der Waals surface area contributed by atoms with Gasteiger partial charge in [-0.05, 0) is 26.7 Å². The molecule has 1 N–H and O–H groups in total. The van der Waals surface area contributed by atoms with Crippen LogP contribution in [0.3, 0.4) is 0 Å². The summed E-state index contributed by atoms with van der Waals surface area (Å²) >= 11 is 0. The van der Waals surface area contributed by atoms with Crippen molar-refractivity contribution in [3.63, 3.8) is 0 Å². The Morgan fingerprint density at radius 3 is 2.56 bits per heavy atom. The Balaban J connectivity index is 1.78. The van der Waals surface area contributed by atoms with E-state index in [2.05, 4.69) is 33.9 Å². The van der Waals surface area contributed by atoms with E-state index < -0.39 is 0 Å². The summed E-state index contributed by atoms with van der Waals surface area (Å²) in [5, 5.41) is 6.43. The lowest BCUT2D eigenvalue weighted by molar-refractivity contribution is 0.0339. The van der Waals surface area contributed by atoms with Gasteiger partial charge in [0.1, 0.15) is 6.33 Å². The van der Waals surface area contributed by atoms with E-state index in [0.717, 1.165) is 25.9 Å². The Labute approximate surface area is 106 Å². The maximum absolute atomic E-state index is 12.4. The maximum atomic E-state index is 12.4. The number of carbonyl (C=O) groups excluding carboxylic acids is 1. The van der Waals surface area contributed by atoms with Crippen molar-refractivity contribution in [1.82, 2.24) is 25.0 Å². The molecule has 98 valence electrons. The summed E-state index contributed by atoms with van der Waals surface area (Å²) in [7, 11) is 0. The lowest BCUT2D eigenvalue weighted by atomic mass is 10.1. The molecule has 2 atom stereocenters. The zero-order valence-electron chi connectivity index (χ0n) is 10.8. The molecule has 0 aliphatic carbocycles. The van der Waals surface area contributed by atoms with Gasteiger partial charge in [-0.15, -0.1) is 0 Å². The van der Waals surface area contributed by atoms with Crippen LogP contribution >= 0.6 is 0 Å². The molecule has 3 heterocycles. The molecule has 6 heteroatoms. The normalized spacial score (nSPS) is 28.1. The van der Waals surface area contributed by atoms with Crippen LogP contribution in [0.1, 0.15) is 37.3 Å². The third kappa shape index (κ3) is 1.80. The number of nitrogens with zero attached hydrogens (tertiary/aromatic N) is 4. The lowest BCUT2D eigenvalue weighted by Crippen LogP contribution is -2.57. The number of aromatic amines is 1. The first-order chi connectivity index (χ1) is 8.66. The van der Waals surface area contributed by atoms with E-state index in [1.165, 1.54) is 6.33 Å². The van der Waals surface area contributed by atoms with Crippen molar-refractivity contribution in [2.45, 2.75) is 44.8 Å². The predicted octanol–water partition coefficient (Wildman–Crippen LogP) is 0.502. The highest BCUT2D eigenvalue weighted by Gasteiger charge is 2.43. The summed E-state index contributed by atoms with van der Waals surface area (Å²) < 4.78 is 0. The van der Waals surface area contributed by atoms with Gasteiger partial charge in [-0.1, -0.05) is 0 Å². The number of carbonyl (C=O) groups is 1. The monoisotopic (exact) mass is 249 g/mol. The zero-order valence-corrected chi connectivity index (χ0v) is 10.8. The van der Waals surface area contributed by atoms with E-state index in [-0.39, 0.29) is 5.91 Å². The molecule has 2 unspecified atom stereocenters. The number of H-pyrrole nitrogens is 1. The first-order valence-corrected chi connectivity index (χ1v) is 6.59. The number of hydrogen-bond donors (Lipinski definition) is 1. The number of rotatable bonds is 2. The van der Waals surface area contributed by atoms with Gasteiger partial charge in [0.2, 0.25) is 5.82 Å². The highest BCUT2D eigenvalue weighted by atomic mass is 16.2. The third-order valence-corrected chi connectivity index (χ3v) is 4.09. The van der Waals surface area contributed by atoms with Gasteiger partial charge in [-0.25, -0.2) is 4.98 Å². The molecule has 2 fully saturated rings. The van der Waals surface area contributed by atoms with Crippen LogP contribution in [0.5, 0.6) is 0 Å². The van der Waals surface area contributed by atoms with E-state index >= 15 is 0 Å². The Kier molecular flexibility index (Phi) is 2.81. The number of likely N-dealkylation sites (tertiary alicyclic amines) is 1. The number of piperazine rings is 1. The van der Waals surface area contributed by atoms with Crippen molar-refractivity contribution in [3.05, 3.63) is 12.2 Å². The average Bonchev–Trinajstić information content (AvgIpc) is 2.95. The van der Waals surface area contributed by atoms with Gasteiger partial charge in [0.25, 0.3) is 5.91 Å². The molecular weight excluding hydrogens is 230 g/mol. The summed E-state index contributed by atoms with van der Waals surface area (Å²) in [6.07, 6.45) is 3.60. The Morgan fingerprint density at radius 1 is 1.39 bits per heavy atom. The molecule has 0 saturated carbocycles. The van der Waals surface area contributed by atoms with Gasteiger partial charge in [-0.3, -0.25) is 14.8 Å². The van der Waals surface area contributed by atoms with Crippen molar-refractivity contribution >= 4 is 5.91 Å². The molecule has 1 amide bonds. The van der Waals surface area contributed by atoms with Crippen molar-refractivity contribution in [3.8, 4) is 0 Å². The maximum Gasteiger partial charge on any atom is 0.291 e. The molecule has 2 aliphatic heterocycles. The topological polar surface area (TPSA) is 65.1 Å². The van der Waals surface area contributed by atoms with Crippen LogP contribution in [-0.2, 0) is 0 Å². The summed E-state index contributed by atoms with van der Waals surface area (Å²) in [6.45, 7) is 6.39. The molecule has 0 radical (unpaired) electrons. The zero-order chi connectivity index (χ0) is 12.7. The first kappa shape index (κ1) is 11.6. The minimum atomic E-state index is 0.00315. The molecular formula is C12H19N5O. The SMILES string of the molecule is CC(C)N1CC2CCC(C1)N2C(=O)c1ncn[nH]1. The van der Waals surface area contributed by atoms with Crippen molar-refractivity contribution in [1.29, 1.82) is 0 Å².